The van der Waals surface area contributed by atoms with Crippen molar-refractivity contribution in [2.24, 2.45) is 0 Å². The van der Waals surface area contributed by atoms with E-state index >= 15 is 0 Å². The number of pyridine rings is 1. The van der Waals surface area contributed by atoms with E-state index in [1.54, 1.807) is 30.6 Å². The van der Waals surface area contributed by atoms with E-state index in [9.17, 15) is 4.39 Å². The lowest BCUT2D eigenvalue weighted by Gasteiger charge is -2.15. The summed E-state index contributed by atoms with van der Waals surface area (Å²) < 4.78 is 13.3. The van der Waals surface area contributed by atoms with Crippen LogP contribution in [0.2, 0.25) is 0 Å². The Bertz CT molecular complexity index is 810. The highest BCUT2D eigenvalue weighted by molar-refractivity contribution is 5.75. The number of aromatic nitrogens is 3. The van der Waals surface area contributed by atoms with Gasteiger partial charge in [-0.05, 0) is 30.3 Å². The molecule has 0 saturated carbocycles. The Morgan fingerprint density at radius 3 is 2.80 bits per heavy atom. The lowest BCUT2D eigenvalue weighted by atomic mass is 10.3. The number of nitrogens with zero attached hydrogens (tertiary/aromatic N) is 4. The average molecular weight is 264 g/mol. The van der Waals surface area contributed by atoms with Crippen LogP contribution in [0.1, 0.15) is 0 Å². The fourth-order valence-electron chi connectivity index (χ4n) is 1.83. The van der Waals surface area contributed by atoms with Crippen LogP contribution in [0.5, 0.6) is 0 Å². The number of benzene rings is 1. The van der Waals surface area contributed by atoms with Gasteiger partial charge in [0, 0.05) is 12.2 Å². The Hall–Kier alpha value is -3.00. The van der Waals surface area contributed by atoms with E-state index in [2.05, 4.69) is 21.0 Å². The number of fused-ring (bicyclic) bond motifs is 1. The van der Waals surface area contributed by atoms with Gasteiger partial charge in [-0.2, -0.15) is 0 Å². The Morgan fingerprint density at radius 2 is 2.00 bits per heavy atom. The molecule has 0 atom stereocenters. The summed E-state index contributed by atoms with van der Waals surface area (Å²) in [4.78, 5) is 14.0. The van der Waals surface area contributed by atoms with Crippen LogP contribution in [0, 0.1) is 18.3 Å². The molecule has 0 aliphatic heterocycles. The van der Waals surface area contributed by atoms with E-state index in [0.29, 0.717) is 22.7 Å². The molecule has 0 N–H and O–H groups in total. The first-order valence-corrected chi connectivity index (χ1v) is 5.87. The molecule has 0 radical (unpaired) electrons. The molecule has 0 amide bonds. The molecule has 0 unspecified atom stereocenters. The Kier molecular flexibility index (Phi) is 2.98. The minimum absolute atomic E-state index is 0.304. The van der Waals surface area contributed by atoms with Crippen LogP contribution < -0.4 is 4.90 Å². The van der Waals surface area contributed by atoms with Gasteiger partial charge in [0.15, 0.2) is 0 Å². The van der Waals surface area contributed by atoms with Crippen molar-refractivity contribution >= 4 is 22.7 Å². The van der Waals surface area contributed by atoms with Gasteiger partial charge in [0.2, 0.25) is 5.95 Å². The molecular weight excluding hydrogens is 255 g/mol. The molecule has 96 valence electrons. The standard InChI is InChI=1S/C15H9FN4/c1-2-20(12-6-3-5-11(16)9-12)15-18-10-14-13(19-15)7-4-8-17-14/h1,3-10H. The molecule has 3 rings (SSSR count). The van der Waals surface area contributed by atoms with Crippen LogP contribution in [0.15, 0.2) is 48.8 Å². The molecule has 0 saturated heterocycles. The van der Waals surface area contributed by atoms with Gasteiger partial charge in [-0.1, -0.05) is 12.5 Å². The molecule has 20 heavy (non-hydrogen) atoms. The molecule has 3 aromatic rings. The monoisotopic (exact) mass is 264 g/mol. The van der Waals surface area contributed by atoms with Crippen molar-refractivity contribution < 1.29 is 4.39 Å². The number of rotatable bonds is 2. The molecule has 0 spiro atoms. The summed E-state index contributed by atoms with van der Waals surface area (Å²) in [6.07, 6.45) is 8.74. The van der Waals surface area contributed by atoms with Gasteiger partial charge in [0.25, 0.3) is 0 Å². The van der Waals surface area contributed by atoms with Crippen LogP contribution in [-0.2, 0) is 0 Å². The molecule has 0 fully saturated rings. The van der Waals surface area contributed by atoms with Crippen molar-refractivity contribution in [3.63, 3.8) is 0 Å². The van der Waals surface area contributed by atoms with E-state index in [1.165, 1.54) is 17.0 Å². The van der Waals surface area contributed by atoms with E-state index in [0.717, 1.165) is 0 Å². The van der Waals surface area contributed by atoms with Gasteiger partial charge >= 0.3 is 0 Å². The molecule has 0 aliphatic rings. The quantitative estimate of drug-likeness (QED) is 0.527. The van der Waals surface area contributed by atoms with Gasteiger partial charge in [0.1, 0.15) is 11.3 Å². The Morgan fingerprint density at radius 1 is 1.10 bits per heavy atom. The smallest absolute Gasteiger partial charge is 0.242 e. The van der Waals surface area contributed by atoms with E-state index in [4.69, 9.17) is 6.42 Å². The number of anilines is 2. The fourth-order valence-corrected chi connectivity index (χ4v) is 1.83. The third-order valence-electron chi connectivity index (χ3n) is 2.73. The summed E-state index contributed by atoms with van der Waals surface area (Å²) in [5, 5.41) is 0. The first kappa shape index (κ1) is 12.1. The number of hydrogen-bond acceptors (Lipinski definition) is 4. The second kappa shape index (κ2) is 4.94. The molecule has 4 nitrogen and oxygen atoms in total. The zero-order valence-electron chi connectivity index (χ0n) is 10.4. The van der Waals surface area contributed by atoms with Crippen LogP contribution in [0.4, 0.5) is 16.0 Å². The maximum absolute atomic E-state index is 13.3. The third-order valence-corrected chi connectivity index (χ3v) is 2.73. The van der Waals surface area contributed by atoms with Gasteiger partial charge in [-0.3, -0.25) is 4.98 Å². The normalized spacial score (nSPS) is 10.2. The van der Waals surface area contributed by atoms with Crippen molar-refractivity contribution in [2.75, 3.05) is 4.90 Å². The first-order chi connectivity index (χ1) is 9.78. The molecule has 0 aliphatic carbocycles. The third kappa shape index (κ3) is 2.15. The minimum atomic E-state index is -0.370. The maximum Gasteiger partial charge on any atom is 0.242 e. The largest absolute Gasteiger partial charge is 0.253 e. The second-order valence-corrected chi connectivity index (χ2v) is 4.02. The van der Waals surface area contributed by atoms with Gasteiger partial charge < -0.3 is 0 Å². The molecule has 5 heteroatoms. The molecule has 2 aromatic heterocycles. The van der Waals surface area contributed by atoms with Crippen LogP contribution in [0.25, 0.3) is 11.0 Å². The van der Waals surface area contributed by atoms with Gasteiger partial charge in [-0.15, -0.1) is 0 Å². The first-order valence-electron chi connectivity index (χ1n) is 5.87. The maximum atomic E-state index is 13.3. The van der Waals surface area contributed by atoms with E-state index < -0.39 is 0 Å². The minimum Gasteiger partial charge on any atom is -0.253 e. The molecule has 2 heterocycles. The van der Waals surface area contributed by atoms with E-state index in [-0.39, 0.29) is 5.82 Å². The molecular formula is C15H9FN4. The van der Waals surface area contributed by atoms with Crippen molar-refractivity contribution in [1.29, 1.82) is 0 Å². The zero-order chi connectivity index (χ0) is 13.9. The van der Waals surface area contributed by atoms with Crippen molar-refractivity contribution in [3.05, 3.63) is 54.6 Å². The Balaban J connectivity index is 2.10. The van der Waals surface area contributed by atoms with Crippen LogP contribution in [0.3, 0.4) is 0 Å². The summed E-state index contributed by atoms with van der Waals surface area (Å²) in [6.45, 7) is 0. The van der Waals surface area contributed by atoms with Crippen molar-refractivity contribution in [1.82, 2.24) is 15.0 Å². The highest BCUT2D eigenvalue weighted by Gasteiger charge is 2.11. The summed E-state index contributed by atoms with van der Waals surface area (Å²) in [5.41, 5.74) is 1.84. The molecule has 0 bridgehead atoms. The van der Waals surface area contributed by atoms with Gasteiger partial charge in [-0.25, -0.2) is 19.3 Å². The van der Waals surface area contributed by atoms with Crippen molar-refractivity contribution in [3.8, 4) is 12.5 Å². The zero-order valence-corrected chi connectivity index (χ0v) is 10.4. The summed E-state index contributed by atoms with van der Waals surface area (Å²) in [7, 11) is 0. The summed E-state index contributed by atoms with van der Waals surface area (Å²) >= 11 is 0. The lowest BCUT2D eigenvalue weighted by Crippen LogP contribution is -2.12. The highest BCUT2D eigenvalue weighted by Crippen LogP contribution is 2.22. The number of terminal acetylenes is 1. The van der Waals surface area contributed by atoms with Crippen LogP contribution in [-0.4, -0.2) is 15.0 Å². The lowest BCUT2D eigenvalue weighted by molar-refractivity contribution is 0.628. The van der Waals surface area contributed by atoms with Crippen molar-refractivity contribution in [2.45, 2.75) is 0 Å². The summed E-state index contributed by atoms with van der Waals surface area (Å²) in [6, 6.07) is 12.0. The van der Waals surface area contributed by atoms with E-state index in [1.807, 2.05) is 6.07 Å². The average Bonchev–Trinajstić information content (AvgIpc) is 2.48. The predicted octanol–water partition coefficient (Wildman–Crippen LogP) is 2.89. The van der Waals surface area contributed by atoms with Gasteiger partial charge in [0.05, 0.1) is 17.4 Å². The second-order valence-electron chi connectivity index (χ2n) is 4.02. The number of hydrogen-bond donors (Lipinski definition) is 0. The highest BCUT2D eigenvalue weighted by atomic mass is 19.1. The topological polar surface area (TPSA) is 41.9 Å². The fraction of sp³-hybridized carbons (Fsp3) is 0. The Labute approximate surface area is 114 Å². The molecule has 1 aromatic carbocycles. The van der Waals surface area contributed by atoms with Crippen LogP contribution >= 0.6 is 0 Å². The predicted molar refractivity (Wildman–Crippen MR) is 74.7 cm³/mol. The number of halogens is 1. The SMILES string of the molecule is C#CN(c1cccc(F)c1)c1ncc2ncccc2n1. The summed E-state index contributed by atoms with van der Waals surface area (Å²) in [5.74, 6) is -0.0659.